The third-order valence-corrected chi connectivity index (χ3v) is 3.30. The summed E-state index contributed by atoms with van der Waals surface area (Å²) in [6, 6.07) is 0. The average Bonchev–Trinajstić information content (AvgIpc) is 2.33. The summed E-state index contributed by atoms with van der Waals surface area (Å²) >= 11 is 0. The van der Waals surface area contributed by atoms with Gasteiger partial charge in [-0.2, -0.15) is 6.16 Å². The van der Waals surface area contributed by atoms with Gasteiger partial charge in [-0.3, -0.25) is 0 Å². The van der Waals surface area contributed by atoms with Crippen LogP contribution in [0.2, 0.25) is 0 Å². The first-order valence-electron chi connectivity index (χ1n) is 3.41. The van der Waals surface area contributed by atoms with Crippen LogP contribution in [0.15, 0.2) is 23.5 Å². The van der Waals surface area contributed by atoms with E-state index in [0.29, 0.717) is 0 Å². The second kappa shape index (κ2) is 7.75. The van der Waals surface area contributed by atoms with Gasteiger partial charge in [-0.25, -0.2) is 0 Å². The van der Waals surface area contributed by atoms with Crippen molar-refractivity contribution in [2.75, 3.05) is 6.16 Å². The molecule has 0 bridgehead atoms. The van der Waals surface area contributed by atoms with E-state index in [1.165, 1.54) is 12.6 Å². The van der Waals surface area contributed by atoms with E-state index in [1.54, 1.807) is 5.31 Å². The van der Waals surface area contributed by atoms with Gasteiger partial charge in [0.15, 0.2) is 0 Å². The fourth-order valence-electron chi connectivity index (χ4n) is 1.38. The molecule has 1 fully saturated rings. The van der Waals surface area contributed by atoms with Gasteiger partial charge in [-0.05, 0) is 0 Å². The summed E-state index contributed by atoms with van der Waals surface area (Å²) in [5.74, 6) is 0.827. The molecule has 1 aliphatic carbocycles. The Bertz CT molecular complexity index is 180. The third-order valence-electron chi connectivity index (χ3n) is 1.91. The number of allylic oxidation sites excluding steroid dienone is 4. The van der Waals surface area contributed by atoms with E-state index in [2.05, 4.69) is 24.6 Å². The molecule has 2 rings (SSSR count). The second-order valence-corrected chi connectivity index (χ2v) is 3.85. The van der Waals surface area contributed by atoms with Crippen molar-refractivity contribution >= 4 is 8.58 Å². The van der Waals surface area contributed by atoms with Crippen LogP contribution in [0.4, 0.5) is 0 Å². The Balaban J connectivity index is 0. The van der Waals surface area contributed by atoms with Crippen molar-refractivity contribution in [3.8, 4) is 0 Å². The fourth-order valence-corrected chi connectivity index (χ4v) is 2.73. The maximum Gasteiger partial charge on any atom is 3.00 e. The molecule has 0 aromatic carbocycles. The Morgan fingerprint density at radius 3 is 2.83 bits per heavy atom. The molecule has 1 heterocycles. The molecule has 1 radical (unpaired) electrons. The van der Waals surface area contributed by atoms with Crippen molar-refractivity contribution in [2.45, 2.75) is 6.42 Å². The van der Waals surface area contributed by atoms with Gasteiger partial charge >= 0.3 is 26.2 Å². The molecule has 0 aromatic rings. The third kappa shape index (κ3) is 3.63. The zero-order chi connectivity index (χ0) is 6.10. The van der Waals surface area contributed by atoms with E-state index in [0.717, 1.165) is 14.5 Å². The average molecular weight is 299 g/mol. The molecular formula is C8H10Cl2PZr. The Hall–Kier alpha value is 1.37. The Morgan fingerprint density at radius 1 is 1.42 bits per heavy atom. The van der Waals surface area contributed by atoms with Crippen LogP contribution in [-0.2, 0) is 26.2 Å². The predicted octanol–water partition coefficient (Wildman–Crippen LogP) is -3.65. The van der Waals surface area contributed by atoms with Crippen LogP contribution in [0.25, 0.3) is 0 Å². The van der Waals surface area contributed by atoms with Gasteiger partial charge in [0.2, 0.25) is 0 Å². The molecule has 0 spiro atoms. The summed E-state index contributed by atoms with van der Waals surface area (Å²) in [6.07, 6.45) is 11.8. The monoisotopic (exact) mass is 297 g/mol. The van der Waals surface area contributed by atoms with Gasteiger partial charge in [0.05, 0.1) is 0 Å². The normalized spacial score (nSPS) is 26.0. The number of hydrogen-bond acceptors (Lipinski definition) is 0. The summed E-state index contributed by atoms with van der Waals surface area (Å²) < 4.78 is 0. The Morgan fingerprint density at radius 2 is 2.17 bits per heavy atom. The molecule has 0 saturated carbocycles. The van der Waals surface area contributed by atoms with Crippen LogP contribution in [0, 0.1) is 12.3 Å². The van der Waals surface area contributed by atoms with Crippen molar-refractivity contribution in [1.82, 2.24) is 0 Å². The Labute approximate surface area is 107 Å². The number of rotatable bonds is 0. The van der Waals surface area contributed by atoms with Crippen LogP contribution in [0.5, 0.6) is 0 Å². The maximum absolute atomic E-state index is 2.45. The topological polar surface area (TPSA) is 0 Å². The molecule has 0 N–H and O–H groups in total. The fraction of sp³-hybridized carbons (Fsp3) is 0.375. The van der Waals surface area contributed by atoms with Gasteiger partial charge in [-0.15, -0.1) is 14.5 Å². The van der Waals surface area contributed by atoms with Gasteiger partial charge in [0.25, 0.3) is 0 Å². The van der Waals surface area contributed by atoms with Crippen molar-refractivity contribution in [3.05, 3.63) is 30.0 Å². The van der Waals surface area contributed by atoms with Crippen molar-refractivity contribution in [2.24, 2.45) is 5.92 Å². The zero-order valence-corrected chi connectivity index (χ0v) is 11.5. The van der Waals surface area contributed by atoms with Crippen LogP contribution in [0.3, 0.4) is 0 Å². The van der Waals surface area contributed by atoms with E-state index in [4.69, 9.17) is 0 Å². The smallest absolute Gasteiger partial charge is 1.00 e. The summed E-state index contributed by atoms with van der Waals surface area (Å²) in [5.41, 5.74) is 0. The first kappa shape index (κ1) is 15.8. The minimum Gasteiger partial charge on any atom is -1.00 e. The summed E-state index contributed by atoms with van der Waals surface area (Å²) in [4.78, 5) is 0. The molecule has 0 nitrogen and oxygen atoms in total. The second-order valence-electron chi connectivity index (χ2n) is 2.51. The van der Waals surface area contributed by atoms with Crippen molar-refractivity contribution in [1.29, 1.82) is 0 Å². The van der Waals surface area contributed by atoms with Crippen molar-refractivity contribution < 1.29 is 51.0 Å². The number of hydrogen-bond donors (Lipinski definition) is 0. The molecule has 1 aliphatic heterocycles. The molecule has 0 amide bonds. The summed E-state index contributed by atoms with van der Waals surface area (Å²) in [7, 11) is 1.09. The van der Waals surface area contributed by atoms with Gasteiger partial charge < -0.3 is 31.2 Å². The van der Waals surface area contributed by atoms with E-state index >= 15 is 0 Å². The van der Waals surface area contributed by atoms with E-state index < -0.39 is 0 Å². The summed E-state index contributed by atoms with van der Waals surface area (Å²) in [5, 5.41) is 1.68. The molecule has 65 valence electrons. The minimum atomic E-state index is 0. The molecule has 4 heteroatoms. The molecule has 2 aliphatic rings. The quantitative estimate of drug-likeness (QED) is 0.320. The minimum absolute atomic E-state index is 0. The van der Waals surface area contributed by atoms with Gasteiger partial charge in [0.1, 0.15) is 0 Å². The predicted molar refractivity (Wildman–Crippen MR) is 42.8 cm³/mol. The van der Waals surface area contributed by atoms with Crippen LogP contribution >= 0.6 is 8.58 Å². The van der Waals surface area contributed by atoms with Crippen LogP contribution < -0.4 is 24.8 Å². The number of fused-ring (bicyclic) bond motifs is 1. The van der Waals surface area contributed by atoms with Crippen LogP contribution in [-0.4, -0.2) is 6.16 Å². The van der Waals surface area contributed by atoms with Crippen LogP contribution in [0.1, 0.15) is 6.42 Å². The SMILES string of the molecule is C1=CCC2[CH-]CPC2=C1.[Cl-].[Cl-].[Zr+3]. The maximum atomic E-state index is 2.45. The molecule has 1 saturated heterocycles. The zero-order valence-electron chi connectivity index (χ0n) is 6.56. The van der Waals surface area contributed by atoms with E-state index in [1.807, 2.05) is 0 Å². The van der Waals surface area contributed by atoms with E-state index in [9.17, 15) is 0 Å². The largest absolute Gasteiger partial charge is 3.00 e. The van der Waals surface area contributed by atoms with Crippen molar-refractivity contribution in [3.63, 3.8) is 0 Å². The molecule has 2 atom stereocenters. The Kier molecular flexibility index (Phi) is 10.2. The first-order valence-corrected chi connectivity index (χ1v) is 4.61. The number of halogens is 2. The standard InChI is InChI=1S/C8H10P.2ClH.Zr/c1-2-4-8-7(3-1)5-6-9-8;;;/h1-2,4-5,7,9H,3,6H2;2*1H;/q-1;;;+3/p-2. The molecule has 2 unspecified atom stereocenters. The van der Waals surface area contributed by atoms with Gasteiger partial charge in [0, 0.05) is 0 Å². The summed E-state index contributed by atoms with van der Waals surface area (Å²) in [6.45, 7) is 0. The molecule has 12 heavy (non-hydrogen) atoms. The first-order chi connectivity index (χ1) is 4.47. The molecular weight excluding hydrogens is 289 g/mol. The molecule has 0 aromatic heterocycles. The van der Waals surface area contributed by atoms with E-state index in [-0.39, 0.29) is 51.0 Å². The van der Waals surface area contributed by atoms with Gasteiger partial charge in [-0.1, -0.05) is 30.0 Å².